The summed E-state index contributed by atoms with van der Waals surface area (Å²) in [5, 5.41) is 3.92. The van der Waals surface area contributed by atoms with Crippen molar-refractivity contribution in [2.24, 2.45) is 0 Å². The van der Waals surface area contributed by atoms with E-state index in [2.05, 4.69) is 25.5 Å². The molecule has 0 spiro atoms. The second kappa shape index (κ2) is 5.67. The first-order valence-electron chi connectivity index (χ1n) is 5.45. The number of rotatable bonds is 4. The summed E-state index contributed by atoms with van der Waals surface area (Å²) in [6.45, 7) is 1.99. The monoisotopic (exact) mass is 328 g/mol. The maximum Gasteiger partial charge on any atom is 0.209 e. The minimum absolute atomic E-state index is 0.0489. The van der Waals surface area contributed by atoms with Gasteiger partial charge in [0.05, 0.1) is 15.7 Å². The number of carbonyl (C=O) groups excluding carboxylic acids is 1. The average Bonchev–Trinajstić information content (AvgIpc) is 2.80. The molecule has 2 rings (SSSR count). The molecule has 0 radical (unpaired) electrons. The number of aromatic nitrogens is 2. The van der Waals surface area contributed by atoms with Crippen molar-refractivity contribution >= 4 is 33.2 Å². The Labute approximate surface area is 116 Å². The van der Waals surface area contributed by atoms with E-state index in [1.807, 2.05) is 6.92 Å². The Morgan fingerprint density at radius 1 is 1.50 bits per heavy atom. The van der Waals surface area contributed by atoms with E-state index in [0.717, 1.165) is 18.0 Å². The molecule has 0 aliphatic carbocycles. The fraction of sp³-hybridized carbons (Fsp3) is 0.250. The molecule has 1 heterocycles. The Morgan fingerprint density at radius 2 is 2.28 bits per heavy atom. The summed E-state index contributed by atoms with van der Waals surface area (Å²) in [5.74, 6) is -0.898. The molecule has 1 aromatic heterocycles. The highest BCUT2D eigenvalue weighted by atomic mass is 79.9. The zero-order valence-electron chi connectivity index (χ0n) is 9.61. The summed E-state index contributed by atoms with van der Waals surface area (Å²) < 4.78 is 17.9. The largest absolute Gasteiger partial charge is 0.287 e. The van der Waals surface area contributed by atoms with Gasteiger partial charge >= 0.3 is 0 Å². The molecule has 0 amide bonds. The molecule has 0 unspecified atom stereocenters. The van der Waals surface area contributed by atoms with Crippen molar-refractivity contribution in [3.8, 4) is 0 Å². The quantitative estimate of drug-likeness (QED) is 0.805. The molecule has 0 fully saturated rings. The zero-order valence-corrected chi connectivity index (χ0v) is 12.0. The van der Waals surface area contributed by atoms with Crippen LogP contribution in [0.5, 0.6) is 0 Å². The van der Waals surface area contributed by atoms with Crippen molar-refractivity contribution in [3.63, 3.8) is 0 Å². The van der Waals surface area contributed by atoms with E-state index >= 15 is 0 Å². The van der Waals surface area contributed by atoms with Gasteiger partial charge in [-0.15, -0.1) is 5.10 Å². The third kappa shape index (κ3) is 2.49. The molecule has 2 aromatic rings. The van der Waals surface area contributed by atoms with Gasteiger partial charge in [-0.2, -0.15) is 0 Å². The van der Waals surface area contributed by atoms with Gasteiger partial charge in [0.1, 0.15) is 10.7 Å². The third-order valence-electron chi connectivity index (χ3n) is 2.45. The molecule has 3 nitrogen and oxygen atoms in total. The SMILES string of the molecule is CCCc1nnsc1C(=O)c1cccc(Br)c1F. The first-order chi connectivity index (χ1) is 8.65. The summed E-state index contributed by atoms with van der Waals surface area (Å²) in [6, 6.07) is 4.66. The molecular formula is C12H10BrFN2OS. The van der Waals surface area contributed by atoms with Gasteiger partial charge < -0.3 is 0 Å². The number of ketones is 1. The molecule has 0 aliphatic rings. The molecule has 1 aromatic carbocycles. The Balaban J connectivity index is 2.42. The van der Waals surface area contributed by atoms with Gasteiger partial charge in [-0.3, -0.25) is 4.79 Å². The first-order valence-corrected chi connectivity index (χ1v) is 7.01. The average molecular weight is 329 g/mol. The Morgan fingerprint density at radius 3 is 3.00 bits per heavy atom. The molecule has 94 valence electrons. The number of aryl methyl sites for hydroxylation is 1. The number of halogens is 2. The van der Waals surface area contributed by atoms with Crippen molar-refractivity contribution in [1.82, 2.24) is 9.59 Å². The Kier molecular flexibility index (Phi) is 4.19. The van der Waals surface area contributed by atoms with Crippen LogP contribution in [0.2, 0.25) is 0 Å². The van der Waals surface area contributed by atoms with E-state index in [1.54, 1.807) is 12.1 Å². The van der Waals surface area contributed by atoms with Gasteiger partial charge in [0.2, 0.25) is 5.78 Å². The van der Waals surface area contributed by atoms with Crippen LogP contribution in [0.15, 0.2) is 22.7 Å². The number of nitrogens with zero attached hydrogens (tertiary/aromatic N) is 2. The normalized spacial score (nSPS) is 10.6. The predicted octanol–water partition coefficient (Wildman–Crippen LogP) is 3.62. The van der Waals surface area contributed by atoms with Gasteiger partial charge in [0.15, 0.2) is 0 Å². The van der Waals surface area contributed by atoms with Crippen molar-refractivity contribution in [1.29, 1.82) is 0 Å². The van der Waals surface area contributed by atoms with Gasteiger partial charge in [-0.25, -0.2) is 4.39 Å². The summed E-state index contributed by atoms with van der Waals surface area (Å²) in [5.41, 5.74) is 0.694. The lowest BCUT2D eigenvalue weighted by molar-refractivity contribution is 0.103. The van der Waals surface area contributed by atoms with E-state index in [1.165, 1.54) is 6.07 Å². The highest BCUT2D eigenvalue weighted by Crippen LogP contribution is 2.23. The van der Waals surface area contributed by atoms with Gasteiger partial charge in [-0.1, -0.05) is 23.9 Å². The molecule has 0 bridgehead atoms. The highest BCUT2D eigenvalue weighted by Gasteiger charge is 2.21. The van der Waals surface area contributed by atoms with E-state index in [-0.39, 0.29) is 15.8 Å². The van der Waals surface area contributed by atoms with Crippen LogP contribution in [0, 0.1) is 5.82 Å². The lowest BCUT2D eigenvalue weighted by Crippen LogP contribution is -2.05. The van der Waals surface area contributed by atoms with E-state index in [4.69, 9.17) is 0 Å². The third-order valence-corrected chi connectivity index (χ3v) is 3.82. The van der Waals surface area contributed by atoms with Crippen LogP contribution in [0.1, 0.15) is 34.3 Å². The molecule has 0 saturated heterocycles. The molecule has 0 N–H and O–H groups in total. The maximum atomic E-state index is 13.9. The van der Waals surface area contributed by atoms with Crippen molar-refractivity contribution in [2.45, 2.75) is 19.8 Å². The van der Waals surface area contributed by atoms with E-state index < -0.39 is 5.82 Å². The van der Waals surface area contributed by atoms with Crippen LogP contribution >= 0.6 is 27.5 Å². The first kappa shape index (κ1) is 13.3. The summed E-state index contributed by atoms with van der Waals surface area (Å²) >= 11 is 4.09. The maximum absolute atomic E-state index is 13.9. The van der Waals surface area contributed by atoms with Crippen molar-refractivity contribution in [2.75, 3.05) is 0 Å². The number of hydrogen-bond acceptors (Lipinski definition) is 4. The van der Waals surface area contributed by atoms with Crippen LogP contribution in [0.4, 0.5) is 4.39 Å². The van der Waals surface area contributed by atoms with Crippen LogP contribution in [0.25, 0.3) is 0 Å². The van der Waals surface area contributed by atoms with Crippen LogP contribution < -0.4 is 0 Å². The predicted molar refractivity (Wildman–Crippen MR) is 71.4 cm³/mol. The molecule has 0 saturated carbocycles. The standard InChI is InChI=1S/C12H10BrFN2OS/c1-2-4-9-12(18-16-15-9)11(17)7-5-3-6-8(13)10(7)14/h3,5-6H,2,4H2,1H3. The molecule has 0 atom stereocenters. The van der Waals surface area contributed by atoms with Gasteiger partial charge in [0, 0.05) is 0 Å². The fourth-order valence-corrected chi connectivity index (χ4v) is 2.61. The zero-order chi connectivity index (χ0) is 13.1. The molecule has 6 heteroatoms. The lowest BCUT2D eigenvalue weighted by atomic mass is 10.1. The van der Waals surface area contributed by atoms with Crippen LogP contribution in [-0.4, -0.2) is 15.4 Å². The Hall–Kier alpha value is -1.14. The molecule has 0 aliphatic heterocycles. The summed E-state index contributed by atoms with van der Waals surface area (Å²) in [7, 11) is 0. The lowest BCUT2D eigenvalue weighted by Gasteiger charge is -2.03. The number of hydrogen-bond donors (Lipinski definition) is 0. The number of carbonyl (C=O) groups is 1. The van der Waals surface area contributed by atoms with E-state index in [0.29, 0.717) is 17.0 Å². The minimum Gasteiger partial charge on any atom is -0.287 e. The summed E-state index contributed by atoms with van der Waals surface area (Å²) in [4.78, 5) is 12.7. The van der Waals surface area contributed by atoms with Crippen molar-refractivity contribution in [3.05, 3.63) is 44.6 Å². The smallest absolute Gasteiger partial charge is 0.209 e. The minimum atomic E-state index is -0.543. The molecular weight excluding hydrogens is 319 g/mol. The summed E-state index contributed by atoms with van der Waals surface area (Å²) in [6.07, 6.45) is 1.54. The van der Waals surface area contributed by atoms with Crippen LogP contribution in [-0.2, 0) is 6.42 Å². The highest BCUT2D eigenvalue weighted by molar-refractivity contribution is 9.10. The van der Waals surface area contributed by atoms with Crippen LogP contribution in [0.3, 0.4) is 0 Å². The van der Waals surface area contributed by atoms with Gasteiger partial charge in [0.25, 0.3) is 0 Å². The second-order valence-corrected chi connectivity index (χ2v) is 5.34. The van der Waals surface area contributed by atoms with Crippen molar-refractivity contribution < 1.29 is 9.18 Å². The second-order valence-electron chi connectivity index (χ2n) is 3.73. The topological polar surface area (TPSA) is 42.9 Å². The Bertz CT molecular complexity index is 585. The van der Waals surface area contributed by atoms with E-state index in [9.17, 15) is 9.18 Å². The van der Waals surface area contributed by atoms with Gasteiger partial charge in [-0.05, 0) is 46.0 Å². The fourth-order valence-electron chi connectivity index (χ4n) is 1.58. The molecule has 18 heavy (non-hydrogen) atoms. The number of benzene rings is 1.